The fourth-order valence-corrected chi connectivity index (χ4v) is 2.10. The van der Waals surface area contributed by atoms with Crippen molar-refractivity contribution in [2.24, 2.45) is 0 Å². The van der Waals surface area contributed by atoms with E-state index in [9.17, 15) is 9.18 Å². The average molecular weight is 378 g/mol. The van der Waals surface area contributed by atoms with E-state index in [0.717, 1.165) is 0 Å². The number of ether oxygens (including phenoxy) is 2. The molecule has 0 heterocycles. The van der Waals surface area contributed by atoms with Gasteiger partial charge in [-0.15, -0.1) is 0 Å². The summed E-state index contributed by atoms with van der Waals surface area (Å²) in [6.07, 6.45) is -0.846. The molecule has 0 saturated heterocycles. The Morgan fingerprint density at radius 1 is 1.30 bits per heavy atom. The molecule has 118 valence electrons. The third-order valence-electron chi connectivity index (χ3n) is 3.01. The molecule has 0 aliphatic rings. The van der Waals surface area contributed by atoms with Gasteiger partial charge in [0.1, 0.15) is 18.2 Å². The van der Waals surface area contributed by atoms with Crippen molar-refractivity contribution in [2.45, 2.75) is 19.6 Å². The number of benzene rings is 2. The van der Waals surface area contributed by atoms with Gasteiger partial charge < -0.3 is 9.47 Å². The van der Waals surface area contributed by atoms with Crippen LogP contribution in [0.3, 0.4) is 0 Å². The maximum absolute atomic E-state index is 13.6. The Labute approximate surface area is 141 Å². The highest BCUT2D eigenvalue weighted by Gasteiger charge is 2.17. The van der Waals surface area contributed by atoms with E-state index in [4.69, 9.17) is 14.7 Å². The van der Waals surface area contributed by atoms with Crippen LogP contribution in [0, 0.1) is 17.1 Å². The predicted molar refractivity (Wildman–Crippen MR) is 85.1 cm³/mol. The van der Waals surface area contributed by atoms with E-state index in [1.165, 1.54) is 6.07 Å². The first-order valence-corrected chi connectivity index (χ1v) is 7.56. The van der Waals surface area contributed by atoms with E-state index >= 15 is 0 Å². The van der Waals surface area contributed by atoms with Crippen LogP contribution in [0.5, 0.6) is 5.75 Å². The van der Waals surface area contributed by atoms with Crippen LogP contribution in [0.4, 0.5) is 4.39 Å². The lowest BCUT2D eigenvalue weighted by Crippen LogP contribution is -2.26. The zero-order chi connectivity index (χ0) is 16.8. The molecule has 1 atom stereocenters. The highest BCUT2D eigenvalue weighted by atomic mass is 79.9. The number of carbonyl (C=O) groups is 1. The molecule has 6 heteroatoms. The topological polar surface area (TPSA) is 59.3 Å². The van der Waals surface area contributed by atoms with E-state index < -0.39 is 17.9 Å². The maximum atomic E-state index is 13.6. The van der Waals surface area contributed by atoms with Crippen LogP contribution < -0.4 is 4.74 Å². The first kappa shape index (κ1) is 17.0. The molecule has 2 rings (SSSR count). The van der Waals surface area contributed by atoms with Crippen molar-refractivity contribution in [2.75, 3.05) is 0 Å². The van der Waals surface area contributed by atoms with E-state index in [0.29, 0.717) is 15.8 Å². The number of nitriles is 1. The van der Waals surface area contributed by atoms with Crippen LogP contribution in [0.15, 0.2) is 46.9 Å². The van der Waals surface area contributed by atoms with Gasteiger partial charge in [-0.3, -0.25) is 0 Å². The Kier molecular flexibility index (Phi) is 5.72. The lowest BCUT2D eigenvalue weighted by molar-refractivity contribution is -0.152. The Morgan fingerprint density at radius 3 is 2.61 bits per heavy atom. The molecule has 0 fully saturated rings. The molecular formula is C17H13BrFNO3. The Hall–Kier alpha value is -2.39. The molecule has 0 spiro atoms. The monoisotopic (exact) mass is 377 g/mol. The van der Waals surface area contributed by atoms with Crippen molar-refractivity contribution < 1.29 is 18.7 Å². The molecule has 0 radical (unpaired) electrons. The van der Waals surface area contributed by atoms with E-state index in [2.05, 4.69) is 15.9 Å². The summed E-state index contributed by atoms with van der Waals surface area (Å²) >= 11 is 3.16. The quantitative estimate of drug-likeness (QED) is 0.739. The predicted octanol–water partition coefficient (Wildman–Crippen LogP) is 3.97. The third kappa shape index (κ3) is 4.80. The van der Waals surface area contributed by atoms with Gasteiger partial charge in [-0.1, -0.05) is 22.0 Å². The van der Waals surface area contributed by atoms with E-state index in [-0.39, 0.29) is 12.2 Å². The normalized spacial score (nSPS) is 11.4. The first-order chi connectivity index (χ1) is 11.0. The van der Waals surface area contributed by atoms with Gasteiger partial charge >= 0.3 is 5.97 Å². The molecule has 0 aromatic heterocycles. The van der Waals surface area contributed by atoms with E-state index in [1.807, 2.05) is 6.07 Å². The largest absolute Gasteiger partial charge is 0.479 e. The number of carbonyl (C=O) groups excluding carboxylic acids is 1. The Morgan fingerprint density at radius 2 is 2.00 bits per heavy atom. The van der Waals surface area contributed by atoms with Crippen LogP contribution in [0.25, 0.3) is 0 Å². The molecular weight excluding hydrogens is 365 g/mol. The summed E-state index contributed by atoms with van der Waals surface area (Å²) < 4.78 is 24.7. The Bertz CT molecular complexity index is 740. The molecule has 2 aromatic carbocycles. The molecule has 0 saturated carbocycles. The van der Waals surface area contributed by atoms with Crippen molar-refractivity contribution in [3.63, 3.8) is 0 Å². The summed E-state index contributed by atoms with van der Waals surface area (Å²) in [6, 6.07) is 12.9. The van der Waals surface area contributed by atoms with Crippen LogP contribution >= 0.6 is 15.9 Å². The first-order valence-electron chi connectivity index (χ1n) is 6.77. The second kappa shape index (κ2) is 7.75. The minimum Gasteiger partial charge on any atom is -0.479 e. The van der Waals surface area contributed by atoms with Gasteiger partial charge in [-0.2, -0.15) is 5.26 Å². The fraction of sp³-hybridized carbons (Fsp3) is 0.176. The summed E-state index contributed by atoms with van der Waals surface area (Å²) in [5.74, 6) is -0.604. The maximum Gasteiger partial charge on any atom is 0.347 e. The lowest BCUT2D eigenvalue weighted by Gasteiger charge is -2.14. The number of nitrogens with zero attached hydrogens (tertiary/aromatic N) is 1. The average Bonchev–Trinajstić information content (AvgIpc) is 2.54. The summed E-state index contributed by atoms with van der Waals surface area (Å²) in [5.41, 5.74) is 0.783. The van der Waals surface area contributed by atoms with Crippen LogP contribution in [0.2, 0.25) is 0 Å². The van der Waals surface area contributed by atoms with Crippen LogP contribution in [0.1, 0.15) is 18.1 Å². The van der Waals surface area contributed by atoms with Crippen molar-refractivity contribution in [1.29, 1.82) is 5.26 Å². The van der Waals surface area contributed by atoms with Crippen molar-refractivity contribution in [3.05, 3.63) is 63.9 Å². The highest BCUT2D eigenvalue weighted by Crippen LogP contribution is 2.17. The van der Waals surface area contributed by atoms with Gasteiger partial charge in [-0.05, 0) is 43.3 Å². The molecule has 0 N–H and O–H groups in total. The van der Waals surface area contributed by atoms with Gasteiger partial charge in [-0.25, -0.2) is 9.18 Å². The molecule has 0 bridgehead atoms. The standard InChI is InChI=1S/C17H13BrFNO3/c1-11(23-15-6-2-12(9-20)3-7-15)17(21)22-10-13-4-5-14(18)8-16(13)19/h2-8,11H,10H2,1H3/t11-/m1/s1. The Balaban J connectivity index is 1.90. The number of rotatable bonds is 5. The van der Waals surface area contributed by atoms with Crippen molar-refractivity contribution >= 4 is 21.9 Å². The van der Waals surface area contributed by atoms with Gasteiger partial charge in [0.15, 0.2) is 6.10 Å². The molecule has 0 aliphatic carbocycles. The second-order valence-electron chi connectivity index (χ2n) is 4.74. The van der Waals surface area contributed by atoms with E-state index in [1.54, 1.807) is 43.3 Å². The smallest absolute Gasteiger partial charge is 0.347 e. The van der Waals surface area contributed by atoms with Crippen molar-refractivity contribution in [3.8, 4) is 11.8 Å². The molecule has 0 aliphatic heterocycles. The molecule has 2 aromatic rings. The van der Waals surface area contributed by atoms with Crippen LogP contribution in [-0.2, 0) is 16.1 Å². The summed E-state index contributed by atoms with van der Waals surface area (Å²) in [7, 11) is 0. The number of hydrogen-bond donors (Lipinski definition) is 0. The minimum absolute atomic E-state index is 0.168. The lowest BCUT2D eigenvalue weighted by atomic mass is 10.2. The number of halogens is 2. The van der Waals surface area contributed by atoms with Gasteiger partial charge in [0.25, 0.3) is 0 Å². The summed E-state index contributed by atoms with van der Waals surface area (Å²) in [6.45, 7) is 1.37. The number of esters is 1. The van der Waals surface area contributed by atoms with Gasteiger partial charge in [0.05, 0.1) is 11.6 Å². The number of hydrogen-bond acceptors (Lipinski definition) is 4. The summed E-state index contributed by atoms with van der Waals surface area (Å²) in [5, 5.41) is 8.72. The zero-order valence-corrected chi connectivity index (χ0v) is 13.8. The molecule has 0 amide bonds. The highest BCUT2D eigenvalue weighted by molar-refractivity contribution is 9.10. The molecule has 23 heavy (non-hydrogen) atoms. The third-order valence-corrected chi connectivity index (χ3v) is 3.51. The van der Waals surface area contributed by atoms with Crippen molar-refractivity contribution in [1.82, 2.24) is 0 Å². The zero-order valence-electron chi connectivity index (χ0n) is 12.3. The fourth-order valence-electron chi connectivity index (χ4n) is 1.77. The SMILES string of the molecule is C[C@@H](Oc1ccc(C#N)cc1)C(=O)OCc1ccc(Br)cc1F. The van der Waals surface area contributed by atoms with Gasteiger partial charge in [0, 0.05) is 10.0 Å². The second-order valence-corrected chi connectivity index (χ2v) is 5.66. The molecule has 0 unspecified atom stereocenters. The molecule has 4 nitrogen and oxygen atoms in total. The van der Waals surface area contributed by atoms with Gasteiger partial charge in [0.2, 0.25) is 0 Å². The minimum atomic E-state index is -0.846. The van der Waals surface area contributed by atoms with Crippen LogP contribution in [-0.4, -0.2) is 12.1 Å². The summed E-state index contributed by atoms with van der Waals surface area (Å²) in [4.78, 5) is 11.9.